The van der Waals surface area contributed by atoms with E-state index in [1.165, 1.54) is 17.0 Å². The van der Waals surface area contributed by atoms with Crippen LogP contribution in [0, 0.1) is 5.82 Å². The lowest BCUT2D eigenvalue weighted by Crippen LogP contribution is -2.57. The Morgan fingerprint density at radius 2 is 1.77 bits per heavy atom. The minimum Gasteiger partial charge on any atom is -0.508 e. The summed E-state index contributed by atoms with van der Waals surface area (Å²) in [6, 6.07) is 12.8. The highest BCUT2D eigenvalue weighted by Crippen LogP contribution is 2.20. The number of benzene rings is 2. The van der Waals surface area contributed by atoms with Crippen LogP contribution in [-0.4, -0.2) is 48.9 Å². The Morgan fingerprint density at radius 3 is 2.52 bits per heavy atom. The third-order valence-electron chi connectivity index (χ3n) is 5.40. The monoisotopic (exact) mass is 422 g/mol. The fourth-order valence-corrected chi connectivity index (χ4v) is 3.83. The third-order valence-corrected chi connectivity index (χ3v) is 5.40. The molecule has 1 saturated heterocycles. The zero-order valence-corrected chi connectivity index (χ0v) is 17.1. The normalized spacial score (nSPS) is 16.8. The van der Waals surface area contributed by atoms with Crippen molar-refractivity contribution in [3.63, 3.8) is 0 Å². The molecule has 2 amide bonds. The Bertz CT molecular complexity index is 1110. The van der Waals surface area contributed by atoms with Gasteiger partial charge in [0, 0.05) is 31.9 Å². The lowest BCUT2D eigenvalue weighted by atomic mass is 10.1. The smallest absolute Gasteiger partial charge is 0.312 e. The highest BCUT2D eigenvalue weighted by Gasteiger charge is 2.37. The first-order valence-electron chi connectivity index (χ1n) is 10.0. The van der Waals surface area contributed by atoms with Crippen molar-refractivity contribution >= 4 is 11.8 Å². The topological polar surface area (TPSA) is 78.7 Å². The van der Waals surface area contributed by atoms with Crippen molar-refractivity contribution in [2.24, 2.45) is 0 Å². The molecule has 0 radical (unpaired) electrons. The van der Waals surface area contributed by atoms with E-state index in [1.54, 1.807) is 47.8 Å². The molecule has 0 spiro atoms. The highest BCUT2D eigenvalue weighted by atomic mass is 19.1. The molecule has 160 valence electrons. The maximum atomic E-state index is 13.5. The average Bonchev–Trinajstić information content (AvgIpc) is 3.16. The maximum Gasteiger partial charge on any atom is 0.312 e. The number of carbonyl (C=O) groups excluding carboxylic acids is 2. The van der Waals surface area contributed by atoms with E-state index in [0.29, 0.717) is 13.1 Å². The number of carbonyl (C=O) groups is 2. The molecule has 31 heavy (non-hydrogen) atoms. The second-order valence-corrected chi connectivity index (χ2v) is 7.78. The Balaban J connectivity index is 1.46. The van der Waals surface area contributed by atoms with Gasteiger partial charge < -0.3 is 19.5 Å². The number of imidazole rings is 1. The quantitative estimate of drug-likeness (QED) is 0.620. The van der Waals surface area contributed by atoms with Gasteiger partial charge in [-0.3, -0.25) is 9.59 Å². The van der Waals surface area contributed by atoms with Crippen molar-refractivity contribution in [2.75, 3.05) is 6.54 Å². The van der Waals surface area contributed by atoms with Crippen molar-refractivity contribution in [3.05, 3.63) is 83.7 Å². The van der Waals surface area contributed by atoms with Gasteiger partial charge in [-0.15, -0.1) is 0 Å². The van der Waals surface area contributed by atoms with Crippen molar-refractivity contribution < 1.29 is 19.1 Å². The lowest BCUT2D eigenvalue weighted by Gasteiger charge is -2.39. The van der Waals surface area contributed by atoms with Crippen LogP contribution < -0.4 is 0 Å². The Kier molecular flexibility index (Phi) is 5.70. The fourth-order valence-electron chi connectivity index (χ4n) is 3.83. The molecule has 0 bridgehead atoms. The molecular formula is C23H23FN4O3. The predicted molar refractivity (Wildman–Crippen MR) is 111 cm³/mol. The van der Waals surface area contributed by atoms with E-state index < -0.39 is 11.8 Å². The summed E-state index contributed by atoms with van der Waals surface area (Å²) < 4.78 is 15.3. The minimum atomic E-state index is -0.572. The molecule has 0 saturated carbocycles. The molecule has 1 N–H and O–H groups in total. The number of nitrogens with zero attached hydrogens (tertiary/aromatic N) is 4. The molecule has 3 aromatic rings. The predicted octanol–water partition coefficient (Wildman–Crippen LogP) is 2.54. The first-order chi connectivity index (χ1) is 14.9. The molecule has 8 heteroatoms. The van der Waals surface area contributed by atoms with Crippen LogP contribution in [0.15, 0.2) is 61.1 Å². The van der Waals surface area contributed by atoms with E-state index in [4.69, 9.17) is 0 Å². The number of phenolic OH excluding ortho intramolecular Hbond substituents is 1. The molecule has 1 aliphatic heterocycles. The van der Waals surface area contributed by atoms with E-state index in [2.05, 4.69) is 4.98 Å². The number of amides is 2. The molecule has 1 fully saturated rings. The van der Waals surface area contributed by atoms with Crippen LogP contribution in [-0.2, 0) is 29.2 Å². The van der Waals surface area contributed by atoms with Crippen LogP contribution in [0.1, 0.15) is 23.7 Å². The summed E-state index contributed by atoms with van der Waals surface area (Å²) in [6.07, 6.45) is 3.29. The van der Waals surface area contributed by atoms with Gasteiger partial charge in [0.15, 0.2) is 0 Å². The average molecular weight is 422 g/mol. The molecule has 2 aromatic carbocycles. The van der Waals surface area contributed by atoms with E-state index >= 15 is 0 Å². The first kappa shape index (κ1) is 20.6. The number of aromatic hydroxyl groups is 1. The highest BCUT2D eigenvalue weighted by molar-refractivity contribution is 6.35. The SMILES string of the molecule is CC1CN(Cc2cccc(O)c2)C(=O)C(=O)N1Cc1cncn1Cc1cccc(F)c1. The summed E-state index contributed by atoms with van der Waals surface area (Å²) in [4.78, 5) is 32.8. The Morgan fingerprint density at radius 1 is 1.03 bits per heavy atom. The zero-order chi connectivity index (χ0) is 22.0. The second-order valence-electron chi connectivity index (χ2n) is 7.78. The zero-order valence-electron chi connectivity index (χ0n) is 17.1. The van der Waals surface area contributed by atoms with E-state index in [9.17, 15) is 19.1 Å². The molecule has 1 aliphatic rings. The molecule has 7 nitrogen and oxygen atoms in total. The van der Waals surface area contributed by atoms with Gasteiger partial charge >= 0.3 is 11.8 Å². The lowest BCUT2D eigenvalue weighted by molar-refractivity contribution is -0.159. The molecule has 1 atom stereocenters. The number of piperazine rings is 1. The van der Waals surface area contributed by atoms with Gasteiger partial charge in [0.05, 0.1) is 18.6 Å². The molecule has 4 rings (SSSR count). The van der Waals surface area contributed by atoms with Crippen LogP contribution in [0.25, 0.3) is 0 Å². The number of phenols is 1. The van der Waals surface area contributed by atoms with Crippen molar-refractivity contribution in [3.8, 4) is 5.75 Å². The molecule has 2 heterocycles. The van der Waals surface area contributed by atoms with Crippen molar-refractivity contribution in [1.82, 2.24) is 19.4 Å². The summed E-state index contributed by atoms with van der Waals surface area (Å²) >= 11 is 0. The number of hydrogen-bond donors (Lipinski definition) is 1. The standard InChI is InChI=1S/C23H23FN4O3/c1-16-11-26(12-18-5-3-7-21(29)9-18)22(30)23(31)28(16)14-20-10-25-15-27(20)13-17-4-2-6-19(24)8-17/h2-10,15-16,29H,11-14H2,1H3. The molecule has 1 unspecified atom stereocenters. The van der Waals surface area contributed by atoms with Crippen LogP contribution >= 0.6 is 0 Å². The van der Waals surface area contributed by atoms with Crippen LogP contribution in [0.5, 0.6) is 5.75 Å². The van der Waals surface area contributed by atoms with Crippen molar-refractivity contribution in [1.29, 1.82) is 0 Å². The summed E-state index contributed by atoms with van der Waals surface area (Å²) in [5.41, 5.74) is 2.30. The van der Waals surface area contributed by atoms with Gasteiger partial charge in [-0.2, -0.15) is 0 Å². The fraction of sp³-hybridized carbons (Fsp3) is 0.261. The summed E-state index contributed by atoms with van der Waals surface area (Å²) in [7, 11) is 0. The van der Waals surface area contributed by atoms with Gasteiger partial charge in [-0.1, -0.05) is 24.3 Å². The number of halogens is 1. The van der Waals surface area contributed by atoms with E-state index in [-0.39, 0.29) is 30.7 Å². The Labute approximate surface area is 179 Å². The number of rotatable bonds is 6. The van der Waals surface area contributed by atoms with Crippen molar-refractivity contribution in [2.45, 2.75) is 32.6 Å². The van der Waals surface area contributed by atoms with Crippen LogP contribution in [0.3, 0.4) is 0 Å². The van der Waals surface area contributed by atoms with E-state index in [0.717, 1.165) is 16.8 Å². The molecule has 1 aromatic heterocycles. The van der Waals surface area contributed by atoms with Gasteiger partial charge in [0.2, 0.25) is 0 Å². The second kappa shape index (κ2) is 8.59. The van der Waals surface area contributed by atoms with Crippen LogP contribution in [0.4, 0.5) is 4.39 Å². The molecular weight excluding hydrogens is 399 g/mol. The summed E-state index contributed by atoms with van der Waals surface area (Å²) in [5.74, 6) is -1.33. The first-order valence-corrected chi connectivity index (χ1v) is 10.0. The summed E-state index contributed by atoms with van der Waals surface area (Å²) in [6.45, 7) is 3.20. The number of aromatic nitrogens is 2. The Hall–Kier alpha value is -3.68. The third kappa shape index (κ3) is 4.58. The van der Waals surface area contributed by atoms with Gasteiger partial charge in [-0.05, 0) is 42.3 Å². The maximum absolute atomic E-state index is 13.5. The van der Waals surface area contributed by atoms with Gasteiger partial charge in [-0.25, -0.2) is 9.37 Å². The minimum absolute atomic E-state index is 0.120. The van der Waals surface area contributed by atoms with E-state index in [1.807, 2.05) is 17.6 Å². The largest absolute Gasteiger partial charge is 0.508 e. The van der Waals surface area contributed by atoms with Gasteiger partial charge in [0.1, 0.15) is 11.6 Å². The number of hydrogen-bond acceptors (Lipinski definition) is 4. The molecule has 0 aliphatic carbocycles. The summed E-state index contributed by atoms with van der Waals surface area (Å²) in [5, 5.41) is 9.64. The van der Waals surface area contributed by atoms with Gasteiger partial charge in [0.25, 0.3) is 0 Å². The van der Waals surface area contributed by atoms with Crippen LogP contribution in [0.2, 0.25) is 0 Å².